The van der Waals surface area contributed by atoms with Crippen LogP contribution in [0.25, 0.3) is 0 Å². The Morgan fingerprint density at radius 3 is 1.00 bits per heavy atom. The van der Waals surface area contributed by atoms with E-state index in [0.717, 1.165) is 16.7 Å². The molecule has 10 nitrogen and oxygen atoms in total. The van der Waals surface area contributed by atoms with Gasteiger partial charge in [0.1, 0.15) is 19.8 Å². The molecule has 0 aliphatic heterocycles. The lowest BCUT2D eigenvalue weighted by molar-refractivity contribution is 0.252. The molecule has 0 spiro atoms. The molecule has 4 rings (SSSR count). The normalized spacial score (nSPS) is 10.5. The summed E-state index contributed by atoms with van der Waals surface area (Å²) in [7, 11) is 9.31. The van der Waals surface area contributed by atoms with Gasteiger partial charge in [-0.05, 0) is 58.7 Å². The molecule has 0 fully saturated rings. The van der Waals surface area contributed by atoms with Crippen LogP contribution in [0.1, 0.15) is 22.3 Å². The number of aliphatic hydroxyl groups is 1. The van der Waals surface area contributed by atoms with Crippen LogP contribution in [0.15, 0.2) is 66.7 Å². The fourth-order valence-corrected chi connectivity index (χ4v) is 4.53. The molecular formula is C34H38O10. The Labute approximate surface area is 257 Å². The van der Waals surface area contributed by atoms with Gasteiger partial charge in [-0.25, -0.2) is 0 Å². The molecule has 4 aromatic rings. The van der Waals surface area contributed by atoms with Crippen LogP contribution in [0.5, 0.6) is 51.7 Å². The van der Waals surface area contributed by atoms with Gasteiger partial charge in [-0.1, -0.05) is 30.3 Å². The number of hydrogen-bond acceptors (Lipinski definition) is 10. The Hall–Kier alpha value is -4.96. The second kappa shape index (κ2) is 15.5. The van der Waals surface area contributed by atoms with Gasteiger partial charge in [-0.3, -0.25) is 0 Å². The van der Waals surface area contributed by atoms with Crippen LogP contribution in [-0.4, -0.2) is 47.8 Å². The molecule has 0 aliphatic rings. The van der Waals surface area contributed by atoms with Crippen LogP contribution in [0, 0.1) is 0 Å². The van der Waals surface area contributed by atoms with E-state index in [2.05, 4.69) is 0 Å². The van der Waals surface area contributed by atoms with E-state index in [4.69, 9.17) is 42.6 Å². The highest BCUT2D eigenvalue weighted by molar-refractivity contribution is 5.57. The van der Waals surface area contributed by atoms with Crippen molar-refractivity contribution in [2.75, 3.05) is 42.7 Å². The molecule has 4 aromatic carbocycles. The molecule has 0 saturated carbocycles. The fourth-order valence-electron chi connectivity index (χ4n) is 4.53. The van der Waals surface area contributed by atoms with Gasteiger partial charge in [0.2, 0.25) is 17.2 Å². The smallest absolute Gasteiger partial charge is 0.203 e. The summed E-state index contributed by atoms with van der Waals surface area (Å²) in [6.07, 6.45) is 0. The van der Waals surface area contributed by atoms with E-state index in [0.29, 0.717) is 63.9 Å². The number of rotatable bonds is 16. The zero-order valence-electron chi connectivity index (χ0n) is 25.8. The van der Waals surface area contributed by atoms with E-state index in [1.54, 1.807) is 52.7 Å². The topological polar surface area (TPSA) is 103 Å². The van der Waals surface area contributed by atoms with Gasteiger partial charge in [0.15, 0.2) is 34.5 Å². The molecule has 0 heterocycles. The monoisotopic (exact) mass is 606 g/mol. The molecule has 0 unspecified atom stereocenters. The third-order valence-corrected chi connectivity index (χ3v) is 6.74. The standard InChI is InChI=1S/C34H38O10/c1-36-26-12-23(18-35)13-27(37-2)32(26)43-20-25-16-30(40-5)34(31(17-25)41-6)44-21-24-14-28(38-3)33(29(15-24)39-4)42-19-22-10-8-7-9-11-22/h7-17,35H,18-21H2,1-6H3. The van der Waals surface area contributed by atoms with Crippen molar-refractivity contribution in [1.29, 1.82) is 0 Å². The summed E-state index contributed by atoms with van der Waals surface area (Å²) in [6.45, 7) is 0.521. The molecule has 1 N–H and O–H groups in total. The molecular weight excluding hydrogens is 568 g/mol. The van der Waals surface area contributed by atoms with Crippen molar-refractivity contribution in [2.24, 2.45) is 0 Å². The van der Waals surface area contributed by atoms with Crippen molar-refractivity contribution >= 4 is 0 Å². The van der Waals surface area contributed by atoms with Gasteiger partial charge in [-0.2, -0.15) is 0 Å². The number of aliphatic hydroxyl groups excluding tert-OH is 1. The maximum Gasteiger partial charge on any atom is 0.203 e. The van der Waals surface area contributed by atoms with Crippen molar-refractivity contribution in [1.82, 2.24) is 0 Å². The molecule has 44 heavy (non-hydrogen) atoms. The minimum atomic E-state index is -0.158. The van der Waals surface area contributed by atoms with Gasteiger partial charge in [0.05, 0.1) is 49.3 Å². The first-order chi connectivity index (χ1) is 21.5. The average molecular weight is 607 g/mol. The predicted molar refractivity (Wildman–Crippen MR) is 164 cm³/mol. The lowest BCUT2D eigenvalue weighted by atomic mass is 10.1. The van der Waals surface area contributed by atoms with Crippen LogP contribution in [-0.2, 0) is 26.4 Å². The third-order valence-electron chi connectivity index (χ3n) is 6.74. The molecule has 0 amide bonds. The van der Waals surface area contributed by atoms with Crippen molar-refractivity contribution in [3.8, 4) is 51.7 Å². The minimum Gasteiger partial charge on any atom is -0.493 e. The first-order valence-electron chi connectivity index (χ1n) is 13.8. The highest BCUT2D eigenvalue weighted by Crippen LogP contribution is 2.43. The summed E-state index contributed by atoms with van der Waals surface area (Å²) in [4.78, 5) is 0. The highest BCUT2D eigenvalue weighted by atomic mass is 16.6. The number of ether oxygens (including phenoxy) is 9. The van der Waals surface area contributed by atoms with Crippen LogP contribution < -0.4 is 42.6 Å². The van der Waals surface area contributed by atoms with Crippen LogP contribution in [0.2, 0.25) is 0 Å². The Morgan fingerprint density at radius 2 is 0.705 bits per heavy atom. The van der Waals surface area contributed by atoms with E-state index in [9.17, 15) is 5.11 Å². The molecule has 0 atom stereocenters. The van der Waals surface area contributed by atoms with Crippen molar-refractivity contribution in [3.05, 3.63) is 89.0 Å². The second-order valence-corrected chi connectivity index (χ2v) is 9.50. The largest absolute Gasteiger partial charge is 0.493 e. The second-order valence-electron chi connectivity index (χ2n) is 9.50. The zero-order chi connectivity index (χ0) is 31.5. The Morgan fingerprint density at radius 1 is 0.409 bits per heavy atom. The molecule has 0 saturated heterocycles. The predicted octanol–water partition coefficient (Wildman–Crippen LogP) is 5.97. The number of benzene rings is 4. The van der Waals surface area contributed by atoms with Gasteiger partial charge in [0, 0.05) is 0 Å². The van der Waals surface area contributed by atoms with Crippen molar-refractivity contribution in [2.45, 2.75) is 26.4 Å². The third kappa shape index (κ3) is 7.51. The first kappa shape index (κ1) is 32.0. The summed E-state index contributed by atoms with van der Waals surface area (Å²) in [6, 6.07) is 20.5. The molecule has 10 heteroatoms. The van der Waals surface area contributed by atoms with E-state index < -0.39 is 0 Å². The summed E-state index contributed by atoms with van der Waals surface area (Å²) >= 11 is 0. The summed E-state index contributed by atoms with van der Waals surface area (Å²) in [5, 5.41) is 9.55. The van der Waals surface area contributed by atoms with Gasteiger partial charge in [-0.15, -0.1) is 0 Å². The van der Waals surface area contributed by atoms with Gasteiger partial charge in [0.25, 0.3) is 0 Å². The molecule has 234 valence electrons. The lowest BCUT2D eigenvalue weighted by Gasteiger charge is -2.19. The molecule has 0 aliphatic carbocycles. The number of hydrogen-bond donors (Lipinski definition) is 1. The quantitative estimate of drug-likeness (QED) is 0.164. The van der Waals surface area contributed by atoms with Crippen LogP contribution >= 0.6 is 0 Å². The molecule has 0 aromatic heterocycles. The molecule has 0 bridgehead atoms. The van der Waals surface area contributed by atoms with Gasteiger partial charge < -0.3 is 47.7 Å². The number of methoxy groups -OCH3 is 6. The van der Waals surface area contributed by atoms with Crippen molar-refractivity contribution < 1.29 is 47.7 Å². The zero-order valence-corrected chi connectivity index (χ0v) is 25.8. The lowest BCUT2D eigenvalue weighted by Crippen LogP contribution is -2.05. The summed E-state index contributed by atoms with van der Waals surface area (Å²) < 4.78 is 51.9. The maximum atomic E-state index is 9.55. The maximum absolute atomic E-state index is 9.55. The molecule has 0 radical (unpaired) electrons. The van der Waals surface area contributed by atoms with E-state index in [1.165, 1.54) is 14.2 Å². The van der Waals surface area contributed by atoms with E-state index >= 15 is 0 Å². The SMILES string of the molecule is COc1cc(CO)cc(OC)c1OCc1cc(OC)c(OCc2cc(OC)c(OCc3ccccc3)c(OC)c2)c(OC)c1. The summed E-state index contributed by atoms with van der Waals surface area (Å²) in [5.41, 5.74) is 3.20. The Balaban J connectivity index is 1.53. The first-order valence-corrected chi connectivity index (χ1v) is 13.8. The highest BCUT2D eigenvalue weighted by Gasteiger charge is 2.20. The van der Waals surface area contributed by atoms with Crippen molar-refractivity contribution in [3.63, 3.8) is 0 Å². The Kier molecular flexibility index (Phi) is 11.3. The average Bonchev–Trinajstić information content (AvgIpc) is 3.08. The fraction of sp³-hybridized carbons (Fsp3) is 0.294. The Bertz CT molecular complexity index is 1450. The van der Waals surface area contributed by atoms with E-state index in [1.807, 2.05) is 42.5 Å². The van der Waals surface area contributed by atoms with Gasteiger partial charge >= 0.3 is 0 Å². The summed E-state index contributed by atoms with van der Waals surface area (Å²) in [5.74, 6) is 4.16. The van der Waals surface area contributed by atoms with E-state index in [-0.39, 0.29) is 19.8 Å². The minimum absolute atomic E-state index is 0.150. The van der Waals surface area contributed by atoms with Crippen LogP contribution in [0.3, 0.4) is 0 Å². The van der Waals surface area contributed by atoms with Crippen LogP contribution in [0.4, 0.5) is 0 Å².